The standard InChI is InChI=1S/C15H22N4O/c1-11-17-13-9-12(5-6-14(13)19(11)4)10-15(20)16-7-8-18(2)3/h5-6,9H,7-8,10H2,1-4H3,(H,16,20). The van der Waals surface area contributed by atoms with Gasteiger partial charge >= 0.3 is 0 Å². The molecule has 0 bridgehead atoms. The Hall–Kier alpha value is -1.88. The second kappa shape index (κ2) is 6.05. The Balaban J connectivity index is 2.01. The van der Waals surface area contributed by atoms with Crippen LogP contribution in [0.1, 0.15) is 11.4 Å². The Kier molecular flexibility index (Phi) is 4.39. The summed E-state index contributed by atoms with van der Waals surface area (Å²) in [7, 11) is 5.98. The van der Waals surface area contributed by atoms with E-state index in [1.165, 1.54) is 0 Å². The number of likely N-dealkylation sites (N-methyl/N-ethyl adjacent to an activating group) is 1. The lowest BCUT2D eigenvalue weighted by Gasteiger charge is -2.10. The minimum atomic E-state index is 0.0545. The van der Waals surface area contributed by atoms with Crippen molar-refractivity contribution in [2.24, 2.45) is 7.05 Å². The summed E-state index contributed by atoms with van der Waals surface area (Å²) in [5, 5.41) is 2.92. The molecule has 0 unspecified atom stereocenters. The summed E-state index contributed by atoms with van der Waals surface area (Å²) in [6.07, 6.45) is 0.402. The van der Waals surface area contributed by atoms with Crippen LogP contribution < -0.4 is 5.32 Å². The zero-order valence-electron chi connectivity index (χ0n) is 12.6. The van der Waals surface area contributed by atoms with Crippen LogP contribution in [0.25, 0.3) is 11.0 Å². The zero-order valence-corrected chi connectivity index (χ0v) is 12.6. The van der Waals surface area contributed by atoms with Gasteiger partial charge < -0.3 is 14.8 Å². The van der Waals surface area contributed by atoms with Crippen LogP contribution >= 0.6 is 0 Å². The van der Waals surface area contributed by atoms with Crippen molar-refractivity contribution in [3.05, 3.63) is 29.6 Å². The van der Waals surface area contributed by atoms with Crippen LogP contribution in [0.4, 0.5) is 0 Å². The number of hydrogen-bond acceptors (Lipinski definition) is 3. The highest BCUT2D eigenvalue weighted by atomic mass is 16.1. The highest BCUT2D eigenvalue weighted by Crippen LogP contribution is 2.16. The molecule has 2 rings (SSSR count). The minimum Gasteiger partial charge on any atom is -0.355 e. The van der Waals surface area contributed by atoms with Gasteiger partial charge in [-0.3, -0.25) is 4.79 Å². The predicted octanol–water partition coefficient (Wildman–Crippen LogP) is 1.10. The number of rotatable bonds is 5. The summed E-state index contributed by atoms with van der Waals surface area (Å²) >= 11 is 0. The molecule has 0 aliphatic rings. The molecule has 1 heterocycles. The van der Waals surface area contributed by atoms with E-state index >= 15 is 0 Å². The first kappa shape index (κ1) is 14.5. The van der Waals surface area contributed by atoms with Gasteiger partial charge in [0.15, 0.2) is 0 Å². The van der Waals surface area contributed by atoms with Crippen molar-refractivity contribution in [1.82, 2.24) is 19.8 Å². The van der Waals surface area contributed by atoms with Crippen molar-refractivity contribution in [2.45, 2.75) is 13.3 Å². The molecule has 108 valence electrons. The molecule has 0 radical (unpaired) electrons. The van der Waals surface area contributed by atoms with E-state index in [0.717, 1.165) is 29.0 Å². The maximum Gasteiger partial charge on any atom is 0.224 e. The van der Waals surface area contributed by atoms with E-state index in [2.05, 4.69) is 14.9 Å². The molecule has 1 N–H and O–H groups in total. The van der Waals surface area contributed by atoms with Crippen molar-refractivity contribution < 1.29 is 4.79 Å². The molecule has 0 aliphatic carbocycles. The van der Waals surface area contributed by atoms with Crippen molar-refractivity contribution in [3.8, 4) is 0 Å². The van der Waals surface area contributed by atoms with Crippen LogP contribution in [0.3, 0.4) is 0 Å². The Morgan fingerprint density at radius 1 is 1.40 bits per heavy atom. The normalized spacial score (nSPS) is 11.2. The van der Waals surface area contributed by atoms with Crippen LogP contribution in [0.5, 0.6) is 0 Å². The van der Waals surface area contributed by atoms with E-state index in [1.807, 2.05) is 51.2 Å². The van der Waals surface area contributed by atoms with E-state index in [1.54, 1.807) is 0 Å². The summed E-state index contributed by atoms with van der Waals surface area (Å²) in [6.45, 7) is 3.51. The Bertz CT molecular complexity index is 616. The van der Waals surface area contributed by atoms with E-state index in [4.69, 9.17) is 0 Å². The summed E-state index contributed by atoms with van der Waals surface area (Å²) < 4.78 is 2.05. The first-order chi connectivity index (χ1) is 9.47. The molecular weight excluding hydrogens is 252 g/mol. The third-order valence-corrected chi connectivity index (χ3v) is 3.41. The molecule has 5 nitrogen and oxygen atoms in total. The lowest BCUT2D eigenvalue weighted by atomic mass is 10.1. The van der Waals surface area contributed by atoms with Crippen LogP contribution in [-0.2, 0) is 18.3 Å². The fraction of sp³-hybridized carbons (Fsp3) is 0.467. The van der Waals surface area contributed by atoms with Gasteiger partial charge in [-0.15, -0.1) is 0 Å². The Morgan fingerprint density at radius 2 is 2.15 bits per heavy atom. The average Bonchev–Trinajstić information content (AvgIpc) is 2.64. The molecular formula is C15H22N4O. The number of carbonyl (C=O) groups excluding carboxylic acids is 1. The van der Waals surface area contributed by atoms with Gasteiger partial charge in [-0.25, -0.2) is 4.98 Å². The second-order valence-electron chi connectivity index (χ2n) is 5.37. The Labute approximate surface area is 119 Å². The van der Waals surface area contributed by atoms with Crippen LogP contribution in [0.2, 0.25) is 0 Å². The fourth-order valence-electron chi connectivity index (χ4n) is 2.14. The van der Waals surface area contributed by atoms with Crippen molar-refractivity contribution >= 4 is 16.9 Å². The maximum atomic E-state index is 11.8. The van der Waals surface area contributed by atoms with E-state index in [0.29, 0.717) is 13.0 Å². The smallest absolute Gasteiger partial charge is 0.224 e. The van der Waals surface area contributed by atoms with Gasteiger partial charge in [0.25, 0.3) is 0 Å². The monoisotopic (exact) mass is 274 g/mol. The van der Waals surface area contributed by atoms with Gasteiger partial charge in [0.2, 0.25) is 5.91 Å². The molecule has 5 heteroatoms. The molecule has 0 saturated carbocycles. The maximum absolute atomic E-state index is 11.8. The minimum absolute atomic E-state index is 0.0545. The lowest BCUT2D eigenvalue weighted by molar-refractivity contribution is -0.120. The lowest BCUT2D eigenvalue weighted by Crippen LogP contribution is -2.32. The van der Waals surface area contributed by atoms with Gasteiger partial charge in [-0.2, -0.15) is 0 Å². The summed E-state index contributed by atoms with van der Waals surface area (Å²) in [4.78, 5) is 18.4. The zero-order chi connectivity index (χ0) is 14.7. The van der Waals surface area contributed by atoms with E-state index in [-0.39, 0.29) is 5.91 Å². The van der Waals surface area contributed by atoms with Gasteiger partial charge in [-0.05, 0) is 38.7 Å². The third kappa shape index (κ3) is 3.36. The van der Waals surface area contributed by atoms with Crippen molar-refractivity contribution in [3.63, 3.8) is 0 Å². The van der Waals surface area contributed by atoms with Crippen molar-refractivity contribution in [2.75, 3.05) is 27.2 Å². The SMILES string of the molecule is Cc1nc2cc(CC(=O)NCCN(C)C)ccc2n1C. The first-order valence-electron chi connectivity index (χ1n) is 6.81. The first-order valence-corrected chi connectivity index (χ1v) is 6.81. The molecule has 2 aromatic rings. The largest absolute Gasteiger partial charge is 0.355 e. The quantitative estimate of drug-likeness (QED) is 0.888. The predicted molar refractivity (Wildman–Crippen MR) is 80.7 cm³/mol. The van der Waals surface area contributed by atoms with Crippen LogP contribution in [-0.4, -0.2) is 47.5 Å². The molecule has 0 fully saturated rings. The molecule has 1 amide bonds. The van der Waals surface area contributed by atoms with Crippen molar-refractivity contribution in [1.29, 1.82) is 0 Å². The number of nitrogens with zero attached hydrogens (tertiary/aromatic N) is 3. The topological polar surface area (TPSA) is 50.2 Å². The number of nitrogens with one attached hydrogen (secondary N) is 1. The Morgan fingerprint density at radius 3 is 2.85 bits per heavy atom. The fourth-order valence-corrected chi connectivity index (χ4v) is 2.14. The van der Waals surface area contributed by atoms with Crippen LogP contribution in [0, 0.1) is 6.92 Å². The van der Waals surface area contributed by atoms with Gasteiger partial charge in [-0.1, -0.05) is 6.07 Å². The van der Waals surface area contributed by atoms with Crippen LogP contribution in [0.15, 0.2) is 18.2 Å². The number of imidazole rings is 1. The summed E-state index contributed by atoms with van der Waals surface area (Å²) in [5.74, 6) is 1.03. The number of aryl methyl sites for hydroxylation is 2. The molecule has 0 saturated heterocycles. The van der Waals surface area contributed by atoms with E-state index < -0.39 is 0 Å². The molecule has 1 aromatic carbocycles. The highest BCUT2D eigenvalue weighted by molar-refractivity contribution is 5.82. The number of carbonyl (C=O) groups is 1. The number of hydrogen-bond donors (Lipinski definition) is 1. The molecule has 0 aliphatic heterocycles. The third-order valence-electron chi connectivity index (χ3n) is 3.41. The molecule has 20 heavy (non-hydrogen) atoms. The van der Waals surface area contributed by atoms with Gasteiger partial charge in [0.1, 0.15) is 5.82 Å². The summed E-state index contributed by atoms with van der Waals surface area (Å²) in [5.41, 5.74) is 3.04. The average molecular weight is 274 g/mol. The highest BCUT2D eigenvalue weighted by Gasteiger charge is 2.07. The van der Waals surface area contributed by atoms with E-state index in [9.17, 15) is 4.79 Å². The number of amides is 1. The molecule has 0 spiro atoms. The summed E-state index contributed by atoms with van der Waals surface area (Å²) in [6, 6.07) is 6.01. The molecule has 1 aromatic heterocycles. The number of aromatic nitrogens is 2. The molecule has 0 atom stereocenters. The van der Waals surface area contributed by atoms with Gasteiger partial charge in [0, 0.05) is 20.1 Å². The van der Waals surface area contributed by atoms with Gasteiger partial charge in [0.05, 0.1) is 17.5 Å². The number of fused-ring (bicyclic) bond motifs is 1. The number of benzene rings is 1. The second-order valence-corrected chi connectivity index (χ2v) is 5.37.